The van der Waals surface area contributed by atoms with Gasteiger partial charge in [0.25, 0.3) is 0 Å². The van der Waals surface area contributed by atoms with E-state index in [2.05, 4.69) is 24.0 Å². The van der Waals surface area contributed by atoms with E-state index in [1.165, 1.54) is 12.8 Å². The fourth-order valence-electron chi connectivity index (χ4n) is 3.64. The van der Waals surface area contributed by atoms with Crippen LogP contribution in [0.4, 0.5) is 0 Å². The van der Waals surface area contributed by atoms with E-state index >= 15 is 0 Å². The molecule has 2 aromatic rings. The van der Waals surface area contributed by atoms with E-state index in [1.807, 2.05) is 12.1 Å². The second-order valence-corrected chi connectivity index (χ2v) is 9.15. The number of sulfonamides is 1. The highest BCUT2D eigenvalue weighted by molar-refractivity contribution is 7.89. The molecule has 0 unspecified atom stereocenters. The zero-order valence-electron chi connectivity index (χ0n) is 13.8. The summed E-state index contributed by atoms with van der Waals surface area (Å²) in [6, 6.07) is 6.77. The van der Waals surface area contributed by atoms with E-state index in [9.17, 15) is 8.42 Å². The minimum atomic E-state index is -3.66. The van der Waals surface area contributed by atoms with Crippen LogP contribution in [0.2, 0.25) is 0 Å². The second kappa shape index (κ2) is 5.13. The molecule has 2 fully saturated rings. The van der Waals surface area contributed by atoms with Crippen LogP contribution in [0.1, 0.15) is 55.8 Å². The Morgan fingerprint density at radius 3 is 2.46 bits per heavy atom. The van der Waals surface area contributed by atoms with Crippen LogP contribution >= 0.6 is 0 Å². The summed E-state index contributed by atoms with van der Waals surface area (Å²) >= 11 is 0. The summed E-state index contributed by atoms with van der Waals surface area (Å²) in [6.07, 6.45) is 3.43. The monoisotopic (exact) mass is 347 g/mol. The Morgan fingerprint density at radius 1 is 1.21 bits per heavy atom. The van der Waals surface area contributed by atoms with E-state index in [0.29, 0.717) is 5.89 Å². The summed E-state index contributed by atoms with van der Waals surface area (Å²) in [5, 5.41) is 9.27. The lowest BCUT2D eigenvalue weighted by molar-refractivity contribution is 0.362. The number of aromatic nitrogens is 2. The molecular formula is C17H21N3O3S. The molecule has 1 heterocycles. The molecule has 0 radical (unpaired) electrons. The molecule has 1 aromatic carbocycles. The minimum Gasteiger partial charge on any atom is -0.339 e. The molecule has 2 atom stereocenters. The largest absolute Gasteiger partial charge is 0.339 e. The first-order chi connectivity index (χ1) is 11.3. The molecule has 128 valence electrons. The van der Waals surface area contributed by atoms with Crippen LogP contribution in [0.25, 0.3) is 0 Å². The van der Waals surface area contributed by atoms with Crippen molar-refractivity contribution in [3.8, 4) is 0 Å². The SMILES string of the molecule is CC1(C)[C@H](c2ccc(S(N)(=O)=O)cc2)[C@H]1c1nc(CC2CC2)no1. The summed E-state index contributed by atoms with van der Waals surface area (Å²) < 4.78 is 28.3. The van der Waals surface area contributed by atoms with Gasteiger partial charge >= 0.3 is 0 Å². The molecule has 0 bridgehead atoms. The number of hydrogen-bond donors (Lipinski definition) is 1. The first kappa shape index (κ1) is 15.8. The van der Waals surface area contributed by atoms with Crippen molar-refractivity contribution in [1.29, 1.82) is 0 Å². The lowest BCUT2D eigenvalue weighted by Crippen LogP contribution is -2.11. The van der Waals surface area contributed by atoms with E-state index in [0.717, 1.165) is 23.7 Å². The molecule has 1 aromatic heterocycles. The second-order valence-electron chi connectivity index (χ2n) is 7.59. The molecule has 24 heavy (non-hydrogen) atoms. The molecule has 0 spiro atoms. The van der Waals surface area contributed by atoms with Crippen molar-refractivity contribution < 1.29 is 12.9 Å². The summed E-state index contributed by atoms with van der Waals surface area (Å²) in [5.41, 5.74) is 1.08. The first-order valence-electron chi connectivity index (χ1n) is 8.22. The van der Waals surface area contributed by atoms with Gasteiger partial charge in [0.2, 0.25) is 15.9 Å². The van der Waals surface area contributed by atoms with Gasteiger partial charge in [-0.2, -0.15) is 4.98 Å². The van der Waals surface area contributed by atoms with Crippen molar-refractivity contribution in [2.45, 2.75) is 49.8 Å². The highest BCUT2D eigenvalue weighted by atomic mass is 32.2. The van der Waals surface area contributed by atoms with Gasteiger partial charge < -0.3 is 4.52 Å². The van der Waals surface area contributed by atoms with Crippen LogP contribution in [-0.4, -0.2) is 18.6 Å². The Hall–Kier alpha value is -1.73. The Morgan fingerprint density at radius 2 is 1.88 bits per heavy atom. The summed E-state index contributed by atoms with van der Waals surface area (Å²) in [6.45, 7) is 4.33. The van der Waals surface area contributed by atoms with Crippen molar-refractivity contribution in [3.05, 3.63) is 41.5 Å². The van der Waals surface area contributed by atoms with Crippen LogP contribution < -0.4 is 5.14 Å². The Balaban J connectivity index is 1.56. The van der Waals surface area contributed by atoms with Crippen molar-refractivity contribution >= 4 is 10.0 Å². The average Bonchev–Trinajstić information content (AvgIpc) is 3.35. The van der Waals surface area contributed by atoms with Crippen molar-refractivity contribution in [2.24, 2.45) is 16.5 Å². The Labute approximate surface area is 141 Å². The number of nitrogens with zero attached hydrogens (tertiary/aromatic N) is 2. The summed E-state index contributed by atoms with van der Waals surface area (Å²) in [4.78, 5) is 4.72. The lowest BCUT2D eigenvalue weighted by atomic mass is 10.0. The molecule has 4 rings (SSSR count). The highest BCUT2D eigenvalue weighted by Crippen LogP contribution is 2.69. The zero-order chi connectivity index (χ0) is 17.1. The number of primary sulfonamides is 1. The number of hydrogen-bond acceptors (Lipinski definition) is 5. The van der Waals surface area contributed by atoms with Gasteiger partial charge in [0.15, 0.2) is 5.82 Å². The summed E-state index contributed by atoms with van der Waals surface area (Å²) in [5.74, 6) is 2.62. The van der Waals surface area contributed by atoms with Crippen molar-refractivity contribution in [1.82, 2.24) is 10.1 Å². The van der Waals surface area contributed by atoms with E-state index in [1.54, 1.807) is 12.1 Å². The third kappa shape index (κ3) is 2.75. The molecule has 0 aliphatic heterocycles. The fraction of sp³-hybridized carbons (Fsp3) is 0.529. The molecule has 2 aliphatic carbocycles. The summed E-state index contributed by atoms with van der Waals surface area (Å²) in [7, 11) is -3.66. The van der Waals surface area contributed by atoms with E-state index in [-0.39, 0.29) is 22.1 Å². The fourth-order valence-corrected chi connectivity index (χ4v) is 4.16. The molecule has 2 aliphatic rings. The molecular weight excluding hydrogens is 326 g/mol. The van der Waals surface area contributed by atoms with Gasteiger partial charge in [-0.1, -0.05) is 31.1 Å². The Kier molecular flexibility index (Phi) is 3.37. The average molecular weight is 347 g/mol. The number of rotatable bonds is 5. The van der Waals surface area contributed by atoms with Gasteiger partial charge in [-0.05, 0) is 41.9 Å². The predicted octanol–water partition coefficient (Wildman–Crippen LogP) is 2.58. The zero-order valence-corrected chi connectivity index (χ0v) is 14.6. The van der Waals surface area contributed by atoms with Crippen LogP contribution in [0.15, 0.2) is 33.7 Å². The van der Waals surface area contributed by atoms with Gasteiger partial charge in [-0.3, -0.25) is 0 Å². The van der Waals surface area contributed by atoms with Crippen LogP contribution in [0, 0.1) is 11.3 Å². The van der Waals surface area contributed by atoms with E-state index < -0.39 is 10.0 Å². The third-order valence-electron chi connectivity index (χ3n) is 5.31. The molecule has 0 saturated heterocycles. The molecule has 2 saturated carbocycles. The minimum absolute atomic E-state index is 0.00644. The smallest absolute Gasteiger partial charge is 0.238 e. The predicted molar refractivity (Wildman–Crippen MR) is 87.8 cm³/mol. The van der Waals surface area contributed by atoms with E-state index in [4.69, 9.17) is 9.66 Å². The van der Waals surface area contributed by atoms with Crippen LogP contribution in [0.3, 0.4) is 0 Å². The van der Waals surface area contributed by atoms with Crippen LogP contribution in [0.5, 0.6) is 0 Å². The highest BCUT2D eigenvalue weighted by Gasteiger charge is 2.62. The standard InChI is InChI=1S/C17H21N3O3S/c1-17(2)14(11-5-7-12(8-6-11)24(18,21)22)15(17)16-19-13(20-23-16)9-10-3-4-10/h5-8,10,14-15H,3-4,9H2,1-2H3,(H2,18,21,22)/t14-,15+/m1/s1. The Bertz CT molecular complexity index is 867. The van der Waals surface area contributed by atoms with Crippen molar-refractivity contribution in [2.75, 3.05) is 0 Å². The maximum absolute atomic E-state index is 11.4. The molecule has 0 amide bonds. The van der Waals surface area contributed by atoms with Gasteiger partial charge in [0.05, 0.1) is 10.8 Å². The normalized spacial score (nSPS) is 25.6. The van der Waals surface area contributed by atoms with Gasteiger partial charge in [0.1, 0.15) is 0 Å². The number of benzene rings is 1. The molecule has 6 nitrogen and oxygen atoms in total. The number of nitrogens with two attached hydrogens (primary N) is 1. The first-order valence-corrected chi connectivity index (χ1v) is 9.76. The quantitative estimate of drug-likeness (QED) is 0.896. The maximum atomic E-state index is 11.4. The van der Waals surface area contributed by atoms with Crippen molar-refractivity contribution in [3.63, 3.8) is 0 Å². The molecule has 2 N–H and O–H groups in total. The van der Waals surface area contributed by atoms with Gasteiger partial charge in [-0.15, -0.1) is 0 Å². The molecule has 7 heteroatoms. The van der Waals surface area contributed by atoms with Gasteiger partial charge in [0, 0.05) is 12.3 Å². The van der Waals surface area contributed by atoms with Crippen LogP contribution in [-0.2, 0) is 16.4 Å². The topological polar surface area (TPSA) is 99.1 Å². The van der Waals surface area contributed by atoms with Gasteiger partial charge in [-0.25, -0.2) is 13.6 Å². The maximum Gasteiger partial charge on any atom is 0.238 e. The lowest BCUT2D eigenvalue weighted by Gasteiger charge is -2.04. The third-order valence-corrected chi connectivity index (χ3v) is 6.24.